The molecule has 1 aromatic heterocycles. The first-order valence-electron chi connectivity index (χ1n) is 9.63. The van der Waals surface area contributed by atoms with E-state index in [1.165, 1.54) is 10.6 Å². The molecule has 1 aliphatic carbocycles. The lowest BCUT2D eigenvalue weighted by atomic mass is 9.92. The number of methoxy groups -OCH3 is 1. The van der Waals surface area contributed by atoms with Crippen molar-refractivity contribution in [2.24, 2.45) is 0 Å². The van der Waals surface area contributed by atoms with Crippen LogP contribution in [0.15, 0.2) is 48.8 Å². The minimum absolute atomic E-state index is 0.0914. The zero-order valence-electron chi connectivity index (χ0n) is 16.6. The topological polar surface area (TPSA) is 79.8 Å². The molecule has 7 nitrogen and oxygen atoms in total. The fourth-order valence-electron chi connectivity index (χ4n) is 3.96. The van der Waals surface area contributed by atoms with E-state index in [2.05, 4.69) is 4.98 Å². The molecule has 2 fully saturated rings. The molecule has 29 heavy (non-hydrogen) atoms. The van der Waals surface area contributed by atoms with Crippen LogP contribution in [0, 0.1) is 0 Å². The van der Waals surface area contributed by atoms with E-state index in [0.29, 0.717) is 13.1 Å². The van der Waals surface area contributed by atoms with Gasteiger partial charge in [-0.2, -0.15) is 4.31 Å². The number of amides is 1. The number of likely N-dealkylation sites (tertiary alicyclic amines) is 1. The van der Waals surface area contributed by atoms with Gasteiger partial charge in [0.15, 0.2) is 0 Å². The molecule has 1 aliphatic heterocycles. The molecule has 8 heteroatoms. The molecule has 154 valence electrons. The van der Waals surface area contributed by atoms with E-state index in [1.807, 2.05) is 30.3 Å². The maximum absolute atomic E-state index is 13.2. The summed E-state index contributed by atoms with van der Waals surface area (Å²) in [6.07, 6.45) is 6.19. The van der Waals surface area contributed by atoms with Crippen molar-refractivity contribution in [3.63, 3.8) is 0 Å². The smallest absolute Gasteiger partial charge is 0.233 e. The Bertz CT molecular complexity index is 982. The van der Waals surface area contributed by atoms with Gasteiger partial charge >= 0.3 is 0 Å². The van der Waals surface area contributed by atoms with E-state index in [0.717, 1.165) is 29.7 Å². The number of pyridine rings is 1. The summed E-state index contributed by atoms with van der Waals surface area (Å²) < 4.78 is 31.3. The quantitative estimate of drug-likeness (QED) is 0.689. The van der Waals surface area contributed by atoms with Gasteiger partial charge in [-0.05, 0) is 42.2 Å². The first kappa shape index (κ1) is 19.8. The second-order valence-corrected chi connectivity index (χ2v) is 9.78. The molecule has 2 heterocycles. The molecule has 1 aromatic carbocycles. The molecule has 2 aromatic rings. The van der Waals surface area contributed by atoms with Crippen molar-refractivity contribution >= 4 is 15.9 Å². The Morgan fingerprint density at radius 3 is 2.45 bits per heavy atom. The highest BCUT2D eigenvalue weighted by Crippen LogP contribution is 2.50. The van der Waals surface area contributed by atoms with Gasteiger partial charge < -0.3 is 9.64 Å². The number of hydrogen-bond donors (Lipinski definition) is 0. The van der Waals surface area contributed by atoms with Crippen LogP contribution in [0.4, 0.5) is 0 Å². The lowest BCUT2D eigenvalue weighted by molar-refractivity contribution is -0.140. The molecule has 0 radical (unpaired) electrons. The Morgan fingerprint density at radius 1 is 1.24 bits per heavy atom. The number of hydrogen-bond acceptors (Lipinski definition) is 5. The molecular formula is C21H25N3O4S. The van der Waals surface area contributed by atoms with Crippen LogP contribution in [-0.4, -0.2) is 61.0 Å². The van der Waals surface area contributed by atoms with Gasteiger partial charge in [-0.25, -0.2) is 8.42 Å². The van der Waals surface area contributed by atoms with Crippen molar-refractivity contribution in [1.82, 2.24) is 14.2 Å². The summed E-state index contributed by atoms with van der Waals surface area (Å²) in [7, 11) is -1.78. The van der Waals surface area contributed by atoms with Crippen molar-refractivity contribution in [3.8, 4) is 5.75 Å². The summed E-state index contributed by atoms with van der Waals surface area (Å²) in [6, 6.07) is 11.1. The first-order chi connectivity index (χ1) is 13.8. The van der Waals surface area contributed by atoms with Gasteiger partial charge in [0.05, 0.1) is 24.8 Å². The number of benzene rings is 1. The van der Waals surface area contributed by atoms with Crippen LogP contribution in [0.2, 0.25) is 0 Å². The van der Waals surface area contributed by atoms with Crippen LogP contribution in [0.3, 0.4) is 0 Å². The van der Waals surface area contributed by atoms with Gasteiger partial charge in [-0.1, -0.05) is 18.2 Å². The van der Waals surface area contributed by atoms with E-state index >= 15 is 0 Å². The molecule has 1 saturated heterocycles. The number of carbonyl (C=O) groups is 1. The van der Waals surface area contributed by atoms with Gasteiger partial charge in [-0.15, -0.1) is 0 Å². The summed E-state index contributed by atoms with van der Waals surface area (Å²) in [6.45, 7) is 1.11. The highest BCUT2D eigenvalue weighted by atomic mass is 32.2. The fraction of sp³-hybridized carbons (Fsp3) is 0.429. The van der Waals surface area contributed by atoms with Crippen LogP contribution in [0.1, 0.15) is 24.0 Å². The molecule has 1 saturated carbocycles. The second kappa shape index (κ2) is 7.42. The Kier molecular flexibility index (Phi) is 5.08. The van der Waals surface area contributed by atoms with Crippen molar-refractivity contribution < 1.29 is 17.9 Å². The highest BCUT2D eigenvalue weighted by Gasteiger charge is 2.55. The first-order valence-corrected chi connectivity index (χ1v) is 11.5. The fourth-order valence-corrected chi connectivity index (χ4v) is 5.01. The minimum Gasteiger partial charge on any atom is -0.497 e. The molecule has 0 bridgehead atoms. The Morgan fingerprint density at radius 2 is 1.93 bits per heavy atom. The van der Waals surface area contributed by atoms with E-state index in [9.17, 15) is 13.2 Å². The zero-order valence-corrected chi connectivity index (χ0v) is 17.4. The maximum atomic E-state index is 13.2. The van der Waals surface area contributed by atoms with Crippen LogP contribution in [0.25, 0.3) is 0 Å². The summed E-state index contributed by atoms with van der Waals surface area (Å²) in [5, 5.41) is 0. The molecule has 0 unspecified atom stereocenters. The SMILES string of the molecule is COc1ccc(C2(C(=O)N3CC(N(Cc4cccnc4)S(C)(=O)=O)C3)CC2)cc1. The summed E-state index contributed by atoms with van der Waals surface area (Å²) in [5.41, 5.74) is 1.37. The van der Waals surface area contributed by atoms with Crippen molar-refractivity contribution in [2.45, 2.75) is 30.8 Å². The normalized spacial score (nSPS) is 18.4. The Hall–Kier alpha value is -2.45. The van der Waals surface area contributed by atoms with Gasteiger partial charge in [0.2, 0.25) is 15.9 Å². The third-order valence-corrected chi connectivity index (χ3v) is 7.13. The average molecular weight is 416 g/mol. The second-order valence-electron chi connectivity index (χ2n) is 7.84. The highest BCUT2D eigenvalue weighted by molar-refractivity contribution is 7.88. The standard InChI is InChI=1S/C21H25N3O4S/c1-28-19-7-5-17(6-8-19)21(9-10-21)20(25)23-14-18(15-23)24(29(2,26)27)13-16-4-3-11-22-12-16/h3-8,11-12,18H,9-10,13-15H2,1-2H3. The molecular weight excluding hydrogens is 390 g/mol. The summed E-state index contributed by atoms with van der Waals surface area (Å²) in [5.74, 6) is 0.856. The zero-order chi connectivity index (χ0) is 20.6. The molecule has 0 N–H and O–H groups in total. The van der Waals surface area contributed by atoms with E-state index in [-0.39, 0.29) is 18.5 Å². The van der Waals surface area contributed by atoms with Crippen molar-refractivity contribution in [1.29, 1.82) is 0 Å². The van der Waals surface area contributed by atoms with Crippen LogP contribution in [0.5, 0.6) is 5.75 Å². The van der Waals surface area contributed by atoms with E-state index in [1.54, 1.807) is 30.5 Å². The molecule has 4 rings (SSSR count). The van der Waals surface area contributed by atoms with Gasteiger partial charge in [0.25, 0.3) is 0 Å². The third kappa shape index (κ3) is 3.86. The predicted octanol–water partition coefficient (Wildman–Crippen LogP) is 1.79. The number of aromatic nitrogens is 1. The lowest BCUT2D eigenvalue weighted by Crippen LogP contribution is -2.63. The number of rotatable bonds is 7. The van der Waals surface area contributed by atoms with Gasteiger partial charge in [0, 0.05) is 32.0 Å². The maximum Gasteiger partial charge on any atom is 0.233 e. The summed E-state index contributed by atoms with van der Waals surface area (Å²) in [4.78, 5) is 19.0. The largest absolute Gasteiger partial charge is 0.497 e. The summed E-state index contributed by atoms with van der Waals surface area (Å²) >= 11 is 0. The molecule has 2 aliphatic rings. The Balaban J connectivity index is 1.44. The van der Waals surface area contributed by atoms with E-state index < -0.39 is 15.4 Å². The lowest BCUT2D eigenvalue weighted by Gasteiger charge is -2.45. The van der Waals surface area contributed by atoms with E-state index in [4.69, 9.17) is 4.74 Å². The number of nitrogens with zero attached hydrogens (tertiary/aromatic N) is 3. The number of ether oxygens (including phenoxy) is 1. The van der Waals surface area contributed by atoms with Gasteiger partial charge in [-0.3, -0.25) is 9.78 Å². The minimum atomic E-state index is -3.40. The Labute approximate surface area is 171 Å². The van der Waals surface area contributed by atoms with Crippen LogP contribution in [-0.2, 0) is 26.8 Å². The molecule has 1 amide bonds. The molecule has 0 atom stereocenters. The average Bonchev–Trinajstić information content (AvgIpc) is 3.48. The van der Waals surface area contributed by atoms with Gasteiger partial charge in [0.1, 0.15) is 5.75 Å². The monoisotopic (exact) mass is 415 g/mol. The van der Waals surface area contributed by atoms with Crippen LogP contribution >= 0.6 is 0 Å². The van der Waals surface area contributed by atoms with Crippen LogP contribution < -0.4 is 4.74 Å². The number of carbonyl (C=O) groups excluding carboxylic acids is 1. The third-order valence-electron chi connectivity index (χ3n) is 5.85. The molecule has 0 spiro atoms. The van der Waals surface area contributed by atoms with Crippen molar-refractivity contribution in [2.75, 3.05) is 26.5 Å². The predicted molar refractivity (Wildman–Crippen MR) is 109 cm³/mol. The van der Waals surface area contributed by atoms with Crippen molar-refractivity contribution in [3.05, 3.63) is 59.9 Å². The number of sulfonamides is 1.